The number of hydrogen-bond acceptors (Lipinski definition) is 6. The van der Waals surface area contributed by atoms with E-state index < -0.39 is 0 Å². The minimum absolute atomic E-state index is 0.688. The molecule has 1 fully saturated rings. The van der Waals surface area contributed by atoms with Crippen molar-refractivity contribution in [3.05, 3.63) is 54.1 Å². The number of fused-ring (bicyclic) bond motifs is 1. The number of anilines is 1. The topological polar surface area (TPSA) is 42.0 Å². The largest absolute Gasteiger partial charge is 0.497 e. The average Bonchev–Trinajstić information content (AvgIpc) is 3.24. The van der Waals surface area contributed by atoms with Gasteiger partial charge in [-0.05, 0) is 79.8 Å². The zero-order valence-electron chi connectivity index (χ0n) is 18.7. The zero-order valence-corrected chi connectivity index (χ0v) is 19.5. The number of nitrogens with zero attached hydrogens (tertiary/aromatic N) is 2. The van der Waals surface area contributed by atoms with E-state index in [1.54, 1.807) is 30.6 Å². The van der Waals surface area contributed by atoms with E-state index in [0.29, 0.717) is 5.56 Å². The molecule has 1 saturated heterocycles. The number of methoxy groups -OCH3 is 1. The van der Waals surface area contributed by atoms with Crippen LogP contribution in [0, 0.1) is 0 Å². The molecule has 0 unspecified atom stereocenters. The van der Waals surface area contributed by atoms with Gasteiger partial charge in [0, 0.05) is 30.9 Å². The monoisotopic (exact) mass is 440 g/mol. The number of thiophene rings is 1. The maximum absolute atomic E-state index is 10.5. The summed E-state index contributed by atoms with van der Waals surface area (Å²) in [7, 11) is 5.81. The molecular weight excluding hydrogens is 408 g/mol. The minimum Gasteiger partial charge on any atom is -0.497 e. The Morgan fingerprint density at radius 2 is 1.71 bits per heavy atom. The lowest BCUT2D eigenvalue weighted by Crippen LogP contribution is -2.33. The van der Waals surface area contributed by atoms with Crippen molar-refractivity contribution in [2.45, 2.75) is 19.3 Å². The molecule has 0 N–H and O–H groups in total. The van der Waals surface area contributed by atoms with Crippen LogP contribution in [0.25, 0.3) is 10.1 Å². The van der Waals surface area contributed by atoms with Crippen LogP contribution in [0.2, 0.25) is 0 Å². The molecule has 1 aliphatic heterocycles. The summed E-state index contributed by atoms with van der Waals surface area (Å²) in [4.78, 5) is 15.1. The highest BCUT2D eigenvalue weighted by atomic mass is 32.1. The van der Waals surface area contributed by atoms with Gasteiger partial charge in [0.05, 0.1) is 12.1 Å². The van der Waals surface area contributed by atoms with E-state index in [1.165, 1.54) is 47.4 Å². The number of carbonyl (C=O) groups is 1. The van der Waals surface area contributed by atoms with Gasteiger partial charge in [-0.2, -0.15) is 0 Å². The van der Waals surface area contributed by atoms with Gasteiger partial charge in [-0.3, -0.25) is 9.69 Å². The van der Waals surface area contributed by atoms with Crippen molar-refractivity contribution in [2.75, 3.05) is 52.3 Å². The third-order valence-corrected chi connectivity index (χ3v) is 6.56. The molecule has 0 amide bonds. The Kier molecular flexibility index (Phi) is 8.74. The highest BCUT2D eigenvalue weighted by Crippen LogP contribution is 2.33. The van der Waals surface area contributed by atoms with Gasteiger partial charge < -0.3 is 14.4 Å². The van der Waals surface area contributed by atoms with Crippen LogP contribution in [-0.2, 0) is 0 Å². The van der Waals surface area contributed by atoms with Gasteiger partial charge in [-0.1, -0.05) is 6.42 Å². The fourth-order valence-corrected chi connectivity index (χ4v) is 4.48. The van der Waals surface area contributed by atoms with E-state index in [1.807, 2.05) is 18.2 Å². The molecule has 166 valence electrons. The molecule has 2 aromatic carbocycles. The van der Waals surface area contributed by atoms with Crippen LogP contribution < -0.4 is 14.4 Å². The lowest BCUT2D eigenvalue weighted by molar-refractivity contribution is 0.112. The summed E-state index contributed by atoms with van der Waals surface area (Å²) in [5, 5.41) is 2.55. The smallest absolute Gasteiger partial charge is 0.150 e. The molecule has 0 spiro atoms. The number of carbonyl (C=O) groups excluding carboxylic acids is 1. The molecule has 2 heterocycles. The lowest BCUT2D eigenvalue weighted by atomic mass is 10.1. The average molecular weight is 441 g/mol. The maximum atomic E-state index is 10.5. The van der Waals surface area contributed by atoms with Crippen molar-refractivity contribution >= 4 is 32.7 Å². The van der Waals surface area contributed by atoms with Gasteiger partial charge in [0.15, 0.2) is 0 Å². The highest BCUT2D eigenvalue weighted by Gasteiger charge is 2.09. The number of benzene rings is 2. The summed E-state index contributed by atoms with van der Waals surface area (Å²) in [6.45, 7) is 4.12. The molecule has 0 saturated carbocycles. The summed E-state index contributed by atoms with van der Waals surface area (Å²) in [5.74, 6) is 1.76. The summed E-state index contributed by atoms with van der Waals surface area (Å²) < 4.78 is 12.1. The fourth-order valence-electron chi connectivity index (χ4n) is 3.46. The first kappa shape index (κ1) is 23.1. The first-order chi connectivity index (χ1) is 15.1. The molecule has 31 heavy (non-hydrogen) atoms. The van der Waals surface area contributed by atoms with Crippen LogP contribution >= 0.6 is 11.3 Å². The first-order valence-electron chi connectivity index (χ1n) is 10.7. The second kappa shape index (κ2) is 11.7. The standard InChI is InChI=1S/C14H19NO2.C11H13NOS/c16-12-13-4-6-14(7-5-13)17-11-10-15-8-2-1-3-9-15;1-12(2)11-6-8-4-5-9(13-3)7-10(8)14-11/h4-7,12H,1-3,8-11H2;4-7H,1-3H3. The Morgan fingerprint density at radius 3 is 2.35 bits per heavy atom. The van der Waals surface area contributed by atoms with Gasteiger partial charge in [-0.25, -0.2) is 0 Å². The van der Waals surface area contributed by atoms with E-state index in [9.17, 15) is 4.79 Å². The molecule has 0 bridgehead atoms. The van der Waals surface area contributed by atoms with Gasteiger partial charge in [0.2, 0.25) is 0 Å². The SMILES string of the molecule is COc1ccc2cc(N(C)C)sc2c1.O=Cc1ccc(OCCN2CCCCC2)cc1. The summed E-state index contributed by atoms with van der Waals surface area (Å²) in [5.41, 5.74) is 0.688. The van der Waals surface area contributed by atoms with Crippen molar-refractivity contribution < 1.29 is 14.3 Å². The third-order valence-electron chi connectivity index (χ3n) is 5.30. The van der Waals surface area contributed by atoms with Crippen LogP contribution in [0.4, 0.5) is 5.00 Å². The molecular formula is C25H32N2O3S. The van der Waals surface area contributed by atoms with Crippen LogP contribution in [-0.4, -0.2) is 58.6 Å². The van der Waals surface area contributed by atoms with E-state index in [0.717, 1.165) is 30.9 Å². The Balaban J connectivity index is 0.000000179. The molecule has 5 nitrogen and oxygen atoms in total. The number of piperidine rings is 1. The normalized spacial score (nSPS) is 13.9. The highest BCUT2D eigenvalue weighted by molar-refractivity contribution is 7.22. The van der Waals surface area contributed by atoms with E-state index >= 15 is 0 Å². The van der Waals surface area contributed by atoms with E-state index in [4.69, 9.17) is 9.47 Å². The van der Waals surface area contributed by atoms with E-state index in [2.05, 4.69) is 42.1 Å². The van der Waals surface area contributed by atoms with Gasteiger partial charge >= 0.3 is 0 Å². The summed E-state index contributed by atoms with van der Waals surface area (Å²) in [6.07, 6.45) is 4.84. The van der Waals surface area contributed by atoms with Crippen molar-refractivity contribution in [3.8, 4) is 11.5 Å². The molecule has 3 aromatic rings. The molecule has 1 aromatic heterocycles. The number of ether oxygens (including phenoxy) is 2. The van der Waals surface area contributed by atoms with Crippen molar-refractivity contribution in [2.24, 2.45) is 0 Å². The summed E-state index contributed by atoms with van der Waals surface area (Å²) in [6, 6.07) is 15.6. The lowest BCUT2D eigenvalue weighted by Gasteiger charge is -2.26. The number of aldehydes is 1. The molecule has 6 heteroatoms. The van der Waals surface area contributed by atoms with Crippen molar-refractivity contribution in [1.82, 2.24) is 4.90 Å². The van der Waals surface area contributed by atoms with Gasteiger partial charge in [0.1, 0.15) is 24.4 Å². The maximum Gasteiger partial charge on any atom is 0.150 e. The summed E-state index contributed by atoms with van der Waals surface area (Å²) >= 11 is 1.78. The third kappa shape index (κ3) is 6.97. The fraction of sp³-hybridized carbons (Fsp3) is 0.400. The van der Waals surface area contributed by atoms with Gasteiger partial charge in [0.25, 0.3) is 0 Å². The van der Waals surface area contributed by atoms with Crippen molar-refractivity contribution in [1.29, 1.82) is 0 Å². The second-order valence-corrected chi connectivity index (χ2v) is 8.88. The first-order valence-corrected chi connectivity index (χ1v) is 11.6. The number of likely N-dealkylation sites (tertiary alicyclic amines) is 1. The zero-order chi connectivity index (χ0) is 22.1. The Bertz CT molecular complexity index is 947. The van der Waals surface area contributed by atoms with Crippen molar-refractivity contribution in [3.63, 3.8) is 0 Å². The van der Waals surface area contributed by atoms with Gasteiger partial charge in [-0.15, -0.1) is 11.3 Å². The number of rotatable bonds is 7. The molecule has 1 aliphatic rings. The molecule has 0 aliphatic carbocycles. The van der Waals surface area contributed by atoms with Crippen LogP contribution in [0.1, 0.15) is 29.6 Å². The Hall–Kier alpha value is -2.57. The van der Waals surface area contributed by atoms with Crippen LogP contribution in [0.15, 0.2) is 48.5 Å². The molecule has 0 radical (unpaired) electrons. The molecule has 0 atom stereocenters. The number of hydrogen-bond donors (Lipinski definition) is 0. The predicted octanol–water partition coefficient (Wildman–Crippen LogP) is 5.34. The second-order valence-electron chi connectivity index (χ2n) is 7.82. The Morgan fingerprint density at radius 1 is 1.00 bits per heavy atom. The van der Waals surface area contributed by atoms with Crippen LogP contribution in [0.3, 0.4) is 0 Å². The van der Waals surface area contributed by atoms with Crippen LogP contribution in [0.5, 0.6) is 11.5 Å². The Labute approximate surface area is 189 Å². The predicted molar refractivity (Wildman–Crippen MR) is 130 cm³/mol. The minimum atomic E-state index is 0.688. The molecule has 4 rings (SSSR count). The quantitative estimate of drug-likeness (QED) is 0.464. The van der Waals surface area contributed by atoms with E-state index in [-0.39, 0.29) is 0 Å².